The summed E-state index contributed by atoms with van der Waals surface area (Å²) in [5.74, 6) is -0.351. The summed E-state index contributed by atoms with van der Waals surface area (Å²) in [6.07, 6.45) is -3.57. The lowest BCUT2D eigenvalue weighted by Gasteiger charge is -2.30. The van der Waals surface area contributed by atoms with Crippen molar-refractivity contribution in [3.8, 4) is 0 Å². The number of oxime groups is 1. The van der Waals surface area contributed by atoms with Crippen molar-refractivity contribution in [2.75, 3.05) is 18.6 Å². The molecule has 2 heterocycles. The van der Waals surface area contributed by atoms with E-state index in [2.05, 4.69) is 10.5 Å². The Morgan fingerprint density at radius 3 is 2.53 bits per heavy atom. The maximum atomic E-state index is 14.2. The lowest BCUT2D eigenvalue weighted by Crippen LogP contribution is -2.44. The van der Waals surface area contributed by atoms with Crippen molar-refractivity contribution in [3.63, 3.8) is 0 Å². The number of hydrogen-bond acceptors (Lipinski definition) is 5. The third-order valence-electron chi connectivity index (χ3n) is 5.77. The number of carbonyl (C=O) groups excluding carboxylic acids is 1. The molecule has 4 rings (SSSR count). The summed E-state index contributed by atoms with van der Waals surface area (Å²) < 4.78 is 56.5. The fraction of sp³-hybridized carbons (Fsp3) is 0.364. The van der Waals surface area contributed by atoms with Crippen molar-refractivity contribution < 1.29 is 27.2 Å². The van der Waals surface area contributed by atoms with Gasteiger partial charge in [0.2, 0.25) is 0 Å². The quantitative estimate of drug-likeness (QED) is 0.301. The number of thioether (sulfide) groups is 1. The van der Waals surface area contributed by atoms with E-state index < -0.39 is 39.6 Å². The lowest BCUT2D eigenvalue weighted by atomic mass is 9.89. The van der Waals surface area contributed by atoms with E-state index in [9.17, 15) is 22.4 Å². The van der Waals surface area contributed by atoms with E-state index in [0.29, 0.717) is 18.7 Å². The first-order chi connectivity index (χ1) is 16.1. The van der Waals surface area contributed by atoms with Crippen molar-refractivity contribution in [3.05, 3.63) is 68.4 Å². The highest BCUT2D eigenvalue weighted by molar-refractivity contribution is 7.98. The number of fused-ring (bicyclic) bond motifs is 1. The summed E-state index contributed by atoms with van der Waals surface area (Å²) in [7, 11) is 0. The van der Waals surface area contributed by atoms with Crippen molar-refractivity contribution in [2.45, 2.75) is 31.3 Å². The van der Waals surface area contributed by atoms with Gasteiger partial charge in [0.25, 0.3) is 11.5 Å². The molecule has 2 aliphatic heterocycles. The number of amidine groups is 1. The molecule has 2 aliphatic rings. The van der Waals surface area contributed by atoms with Crippen molar-refractivity contribution in [1.29, 1.82) is 0 Å². The first-order valence-corrected chi connectivity index (χ1v) is 12.3. The van der Waals surface area contributed by atoms with Gasteiger partial charge in [-0.2, -0.15) is 24.9 Å². The number of rotatable bonds is 5. The van der Waals surface area contributed by atoms with Gasteiger partial charge in [-0.25, -0.2) is 4.39 Å². The van der Waals surface area contributed by atoms with Crippen LogP contribution >= 0.6 is 35.0 Å². The van der Waals surface area contributed by atoms with E-state index in [1.165, 1.54) is 0 Å². The van der Waals surface area contributed by atoms with Gasteiger partial charge in [-0.1, -0.05) is 34.4 Å². The molecule has 5 nitrogen and oxygen atoms in total. The molecule has 1 unspecified atom stereocenters. The van der Waals surface area contributed by atoms with Crippen LogP contribution in [0.1, 0.15) is 33.5 Å². The highest BCUT2D eigenvalue weighted by Crippen LogP contribution is 2.50. The zero-order valence-corrected chi connectivity index (χ0v) is 20.1. The summed E-state index contributed by atoms with van der Waals surface area (Å²) in [5, 5.41) is 5.49. The molecule has 2 aromatic carbocycles. The third kappa shape index (κ3) is 4.55. The van der Waals surface area contributed by atoms with Gasteiger partial charge < -0.3 is 15.1 Å². The normalized spacial score (nSPS) is 19.6. The van der Waals surface area contributed by atoms with Crippen molar-refractivity contribution in [2.24, 2.45) is 5.16 Å². The van der Waals surface area contributed by atoms with Gasteiger partial charge in [0, 0.05) is 36.5 Å². The first-order valence-electron chi connectivity index (χ1n) is 10.2. The van der Waals surface area contributed by atoms with E-state index in [-0.39, 0.29) is 18.3 Å². The molecule has 12 heteroatoms. The van der Waals surface area contributed by atoms with E-state index in [4.69, 9.17) is 28.0 Å². The molecule has 0 radical (unpaired) electrons. The molecule has 0 spiro atoms. The van der Waals surface area contributed by atoms with Crippen molar-refractivity contribution in [1.82, 2.24) is 10.2 Å². The maximum Gasteiger partial charge on any atom is 0.435 e. The molecule has 0 saturated heterocycles. The summed E-state index contributed by atoms with van der Waals surface area (Å²) in [5.41, 5.74) is -1.11. The summed E-state index contributed by atoms with van der Waals surface area (Å²) in [4.78, 5) is 19.0. The molecule has 0 aliphatic carbocycles. The van der Waals surface area contributed by atoms with Gasteiger partial charge >= 0.3 is 6.18 Å². The van der Waals surface area contributed by atoms with Gasteiger partial charge in [-0.05, 0) is 41.6 Å². The molecule has 0 bridgehead atoms. The van der Waals surface area contributed by atoms with E-state index >= 15 is 0 Å². The summed E-state index contributed by atoms with van der Waals surface area (Å²) >= 11 is 13.1. The van der Waals surface area contributed by atoms with Crippen LogP contribution in [0.5, 0.6) is 0 Å². The highest BCUT2D eigenvalue weighted by atomic mass is 35.5. The zero-order chi connectivity index (χ0) is 24.7. The average molecular weight is 536 g/mol. The monoisotopic (exact) mass is 535 g/mol. The van der Waals surface area contributed by atoms with Gasteiger partial charge in [0.15, 0.2) is 5.82 Å². The highest BCUT2D eigenvalue weighted by Gasteiger charge is 2.63. The second-order valence-corrected chi connectivity index (χ2v) is 9.74. The number of hydrogen-bond donors (Lipinski definition) is 1. The first kappa shape index (κ1) is 24.9. The Morgan fingerprint density at radius 1 is 1.21 bits per heavy atom. The van der Waals surface area contributed by atoms with E-state index in [1.54, 1.807) is 34.9 Å². The van der Waals surface area contributed by atoms with Crippen LogP contribution in [0.25, 0.3) is 0 Å². The topological polar surface area (TPSA) is 53.9 Å². The molecule has 34 heavy (non-hydrogen) atoms. The van der Waals surface area contributed by atoms with E-state index in [1.807, 2.05) is 6.26 Å². The van der Waals surface area contributed by atoms with Crippen molar-refractivity contribution >= 4 is 46.7 Å². The molecule has 2 aromatic rings. The van der Waals surface area contributed by atoms with Crippen LogP contribution in [0, 0.1) is 5.82 Å². The molecule has 182 valence electrons. The molecule has 0 aromatic heterocycles. The SMILES string of the molecule is CSCCNC(=O)c1ccc2c(c1)CN(C1=NOC(c3cc(Cl)c(F)c(Cl)c3)(C(F)(F)F)C1)C2. The average Bonchev–Trinajstić information content (AvgIpc) is 3.41. The minimum Gasteiger partial charge on any atom is -0.372 e. The summed E-state index contributed by atoms with van der Waals surface area (Å²) in [6.45, 7) is 1.11. The zero-order valence-electron chi connectivity index (χ0n) is 17.8. The molecule has 1 amide bonds. The Labute approximate surface area is 207 Å². The van der Waals surface area contributed by atoms with Crippen LogP contribution in [0.2, 0.25) is 10.0 Å². The predicted molar refractivity (Wildman–Crippen MR) is 124 cm³/mol. The number of alkyl halides is 3. The van der Waals surface area contributed by atoms with Crippen LogP contribution in [-0.2, 0) is 23.5 Å². The molecule has 0 fully saturated rings. The minimum absolute atomic E-state index is 0.0797. The number of halogens is 6. The number of amides is 1. The maximum absolute atomic E-state index is 14.2. The van der Waals surface area contributed by atoms with Crippen LogP contribution in [0.3, 0.4) is 0 Å². The Kier molecular flexibility index (Phi) is 6.94. The van der Waals surface area contributed by atoms with E-state index in [0.717, 1.165) is 29.0 Å². The van der Waals surface area contributed by atoms with Gasteiger partial charge in [0.05, 0.1) is 16.5 Å². The fourth-order valence-corrected chi connectivity index (χ4v) is 4.73. The molecular weight excluding hydrogens is 517 g/mol. The standard InChI is InChI=1S/C22H19Cl2F4N3O2S/c1-34-5-4-29-20(32)12-2-3-13-10-31(11-14(13)6-12)18-9-21(33-30-18,22(26,27)28)15-7-16(23)19(25)17(24)8-15/h2-3,6-8H,4-5,9-11H2,1H3,(H,29,32). The lowest BCUT2D eigenvalue weighted by molar-refractivity contribution is -0.275. The van der Waals surface area contributed by atoms with Crippen LogP contribution in [-0.4, -0.2) is 41.4 Å². The third-order valence-corrected chi connectivity index (χ3v) is 6.93. The smallest absolute Gasteiger partial charge is 0.372 e. The number of nitrogens with one attached hydrogen (secondary N) is 1. The van der Waals surface area contributed by atoms with Crippen LogP contribution in [0.4, 0.5) is 17.6 Å². The number of benzene rings is 2. The number of carbonyl (C=O) groups is 1. The number of nitrogens with zero attached hydrogens (tertiary/aromatic N) is 2. The summed E-state index contributed by atoms with van der Waals surface area (Å²) in [6, 6.07) is 6.92. The Balaban J connectivity index is 1.54. The Bertz CT molecular complexity index is 1140. The fourth-order valence-electron chi connectivity index (χ4n) is 3.93. The Hall–Kier alpha value is -2.17. The second kappa shape index (κ2) is 9.47. The van der Waals surface area contributed by atoms with Crippen LogP contribution in [0.15, 0.2) is 35.5 Å². The molecular formula is C22H19Cl2F4N3O2S. The Morgan fingerprint density at radius 2 is 1.88 bits per heavy atom. The largest absolute Gasteiger partial charge is 0.435 e. The minimum atomic E-state index is -4.88. The molecule has 1 atom stereocenters. The van der Waals surface area contributed by atoms with Crippen LogP contribution < -0.4 is 5.32 Å². The molecule has 1 N–H and O–H groups in total. The van der Waals surface area contributed by atoms with Gasteiger partial charge in [0.1, 0.15) is 5.84 Å². The second-order valence-electron chi connectivity index (χ2n) is 7.94. The van der Waals surface area contributed by atoms with Gasteiger partial charge in [-0.3, -0.25) is 4.79 Å². The van der Waals surface area contributed by atoms with Gasteiger partial charge in [-0.15, -0.1) is 0 Å². The predicted octanol–water partition coefficient (Wildman–Crippen LogP) is 5.73. The molecule has 0 saturated carbocycles.